The molecule has 0 radical (unpaired) electrons. The van der Waals surface area contributed by atoms with Crippen molar-refractivity contribution in [3.8, 4) is 0 Å². The summed E-state index contributed by atoms with van der Waals surface area (Å²) >= 11 is 0. The second-order valence-electron chi connectivity index (χ2n) is 4.46. The van der Waals surface area contributed by atoms with Crippen molar-refractivity contribution >= 4 is 5.69 Å². The third kappa shape index (κ3) is 3.32. The summed E-state index contributed by atoms with van der Waals surface area (Å²) in [6.07, 6.45) is 1.12. The number of benzene rings is 2. The Balaban J connectivity index is 2.01. The number of nitrogens with one attached hydrogen (secondary N) is 1. The molecule has 0 spiro atoms. The lowest BCUT2D eigenvalue weighted by Crippen LogP contribution is -2.11. The van der Waals surface area contributed by atoms with E-state index in [1.807, 2.05) is 30.3 Å². The molecule has 0 aliphatic rings. The smallest absolute Gasteiger partial charge is 0.200 e. The van der Waals surface area contributed by atoms with Gasteiger partial charge in [-0.1, -0.05) is 30.3 Å². The van der Waals surface area contributed by atoms with Crippen molar-refractivity contribution in [2.24, 2.45) is 0 Å². The Kier molecular flexibility index (Phi) is 4.77. The molecule has 0 fully saturated rings. The van der Waals surface area contributed by atoms with Crippen molar-refractivity contribution in [3.05, 3.63) is 65.0 Å². The van der Waals surface area contributed by atoms with Crippen LogP contribution in [0.2, 0.25) is 0 Å². The molecule has 0 aliphatic heterocycles. The summed E-state index contributed by atoms with van der Waals surface area (Å²) in [4.78, 5) is 0. The number of halogens is 5. The minimum atomic E-state index is -2.15. The lowest BCUT2D eigenvalue weighted by Gasteiger charge is -2.10. The molecular weight excluding hydrogens is 289 g/mol. The summed E-state index contributed by atoms with van der Waals surface area (Å²) in [5.74, 6) is -9.73. The Bertz CT molecular complexity index is 599. The Labute approximate surface area is 118 Å². The highest BCUT2D eigenvalue weighted by Gasteiger charge is 2.25. The Morgan fingerprint density at radius 2 is 1.24 bits per heavy atom. The topological polar surface area (TPSA) is 12.0 Å². The Hall–Kier alpha value is -2.11. The van der Waals surface area contributed by atoms with Crippen LogP contribution in [0.4, 0.5) is 27.6 Å². The van der Waals surface area contributed by atoms with Gasteiger partial charge >= 0.3 is 0 Å². The first kappa shape index (κ1) is 15.3. The highest BCUT2D eigenvalue weighted by Crippen LogP contribution is 2.27. The highest BCUT2D eigenvalue weighted by molar-refractivity contribution is 5.47. The number of aryl methyl sites for hydroxylation is 1. The zero-order chi connectivity index (χ0) is 15.4. The molecule has 1 nitrogen and oxygen atoms in total. The van der Waals surface area contributed by atoms with Crippen molar-refractivity contribution < 1.29 is 22.0 Å². The number of hydrogen-bond acceptors (Lipinski definition) is 1. The first-order chi connectivity index (χ1) is 10.0. The maximum Gasteiger partial charge on any atom is 0.200 e. The van der Waals surface area contributed by atoms with E-state index in [0.29, 0.717) is 12.8 Å². The second-order valence-corrected chi connectivity index (χ2v) is 4.46. The molecule has 0 atom stereocenters. The van der Waals surface area contributed by atoms with Crippen LogP contribution in [-0.4, -0.2) is 6.54 Å². The highest BCUT2D eigenvalue weighted by atomic mass is 19.2. The predicted octanol–water partition coefficient (Wildman–Crippen LogP) is 4.43. The molecule has 0 saturated carbocycles. The predicted molar refractivity (Wildman–Crippen MR) is 69.5 cm³/mol. The zero-order valence-corrected chi connectivity index (χ0v) is 10.9. The van der Waals surface area contributed by atoms with Crippen molar-refractivity contribution in [1.82, 2.24) is 0 Å². The van der Waals surface area contributed by atoms with Gasteiger partial charge in [-0.3, -0.25) is 0 Å². The van der Waals surface area contributed by atoms with Gasteiger partial charge in [0.25, 0.3) is 0 Å². The van der Waals surface area contributed by atoms with E-state index in [1.165, 1.54) is 0 Å². The van der Waals surface area contributed by atoms with E-state index in [2.05, 4.69) is 5.32 Å². The number of hydrogen-bond donors (Lipinski definition) is 1. The maximum atomic E-state index is 13.4. The van der Waals surface area contributed by atoms with E-state index in [-0.39, 0.29) is 6.54 Å². The summed E-state index contributed by atoms with van der Waals surface area (Å²) < 4.78 is 65.5. The van der Waals surface area contributed by atoms with Crippen LogP contribution in [0.15, 0.2) is 30.3 Å². The SMILES string of the molecule is Fc1c(F)c(F)c(NCCCc2ccccc2)c(F)c1F. The van der Waals surface area contributed by atoms with Crippen molar-refractivity contribution in [1.29, 1.82) is 0 Å². The average Bonchev–Trinajstić information content (AvgIpc) is 2.51. The second kappa shape index (κ2) is 6.56. The zero-order valence-electron chi connectivity index (χ0n) is 10.9. The van der Waals surface area contributed by atoms with Crippen LogP contribution < -0.4 is 5.32 Å². The maximum absolute atomic E-state index is 13.4. The molecule has 0 bridgehead atoms. The number of anilines is 1. The standard InChI is InChI=1S/C15H12F5N/c16-10-11(17)13(19)15(14(20)12(10)18)21-8-4-7-9-5-2-1-3-6-9/h1-3,5-6,21H,4,7-8H2. The van der Waals surface area contributed by atoms with E-state index in [0.717, 1.165) is 5.56 Å². The Morgan fingerprint density at radius 3 is 1.81 bits per heavy atom. The lowest BCUT2D eigenvalue weighted by atomic mass is 10.1. The summed E-state index contributed by atoms with van der Waals surface area (Å²) in [5, 5.41) is 2.26. The van der Waals surface area contributed by atoms with Crippen LogP contribution in [0.5, 0.6) is 0 Å². The average molecular weight is 301 g/mol. The van der Waals surface area contributed by atoms with Crippen molar-refractivity contribution in [3.63, 3.8) is 0 Å². The molecule has 6 heteroatoms. The quantitative estimate of drug-likeness (QED) is 0.373. The van der Waals surface area contributed by atoms with Crippen LogP contribution in [-0.2, 0) is 6.42 Å². The summed E-state index contributed by atoms with van der Waals surface area (Å²) in [5.41, 5.74) is 0.0381. The van der Waals surface area contributed by atoms with Gasteiger partial charge < -0.3 is 5.32 Å². The van der Waals surface area contributed by atoms with Gasteiger partial charge in [0.1, 0.15) is 5.69 Å². The van der Waals surface area contributed by atoms with Crippen LogP contribution in [0, 0.1) is 29.1 Å². The molecule has 0 saturated heterocycles. The van der Waals surface area contributed by atoms with Crippen molar-refractivity contribution in [2.75, 3.05) is 11.9 Å². The number of rotatable bonds is 5. The van der Waals surface area contributed by atoms with Gasteiger partial charge in [-0.05, 0) is 18.4 Å². The molecule has 0 aromatic heterocycles. The molecule has 0 aliphatic carbocycles. The van der Waals surface area contributed by atoms with Gasteiger partial charge in [-0.2, -0.15) is 0 Å². The largest absolute Gasteiger partial charge is 0.380 e. The fraction of sp³-hybridized carbons (Fsp3) is 0.200. The van der Waals surface area contributed by atoms with Gasteiger partial charge in [0.05, 0.1) is 0 Å². The molecule has 0 heterocycles. The van der Waals surface area contributed by atoms with Crippen molar-refractivity contribution in [2.45, 2.75) is 12.8 Å². The van der Waals surface area contributed by atoms with E-state index < -0.39 is 34.8 Å². The van der Waals surface area contributed by atoms with Crippen LogP contribution in [0.1, 0.15) is 12.0 Å². The molecule has 0 amide bonds. The van der Waals surface area contributed by atoms with Gasteiger partial charge in [0.2, 0.25) is 5.82 Å². The minimum Gasteiger partial charge on any atom is -0.380 e. The monoisotopic (exact) mass is 301 g/mol. The summed E-state index contributed by atoms with van der Waals surface area (Å²) in [6.45, 7) is 0.0905. The molecule has 21 heavy (non-hydrogen) atoms. The fourth-order valence-corrected chi connectivity index (χ4v) is 1.91. The molecule has 2 aromatic rings. The third-order valence-electron chi connectivity index (χ3n) is 3.00. The fourth-order valence-electron chi connectivity index (χ4n) is 1.91. The first-order valence-electron chi connectivity index (χ1n) is 6.31. The summed E-state index contributed by atoms with van der Waals surface area (Å²) in [7, 11) is 0. The third-order valence-corrected chi connectivity index (χ3v) is 3.00. The Morgan fingerprint density at radius 1 is 0.714 bits per heavy atom. The molecule has 2 rings (SSSR count). The van der Waals surface area contributed by atoms with Crippen LogP contribution in [0.25, 0.3) is 0 Å². The van der Waals surface area contributed by atoms with E-state index >= 15 is 0 Å². The van der Waals surface area contributed by atoms with Crippen LogP contribution in [0.3, 0.4) is 0 Å². The molecule has 2 aromatic carbocycles. The molecular formula is C15H12F5N. The van der Waals surface area contributed by atoms with Gasteiger partial charge in [-0.15, -0.1) is 0 Å². The van der Waals surface area contributed by atoms with Crippen LogP contribution >= 0.6 is 0 Å². The van der Waals surface area contributed by atoms with Gasteiger partial charge in [-0.25, -0.2) is 22.0 Å². The normalized spacial score (nSPS) is 10.7. The molecule has 1 N–H and O–H groups in total. The molecule has 112 valence electrons. The van der Waals surface area contributed by atoms with E-state index in [1.54, 1.807) is 0 Å². The summed E-state index contributed by atoms with van der Waals surface area (Å²) in [6, 6.07) is 9.34. The molecule has 0 unspecified atom stereocenters. The minimum absolute atomic E-state index is 0.0905. The van der Waals surface area contributed by atoms with Gasteiger partial charge in [0, 0.05) is 6.54 Å². The van der Waals surface area contributed by atoms with E-state index in [9.17, 15) is 22.0 Å². The lowest BCUT2D eigenvalue weighted by molar-refractivity contribution is 0.381. The van der Waals surface area contributed by atoms with Gasteiger partial charge in [0.15, 0.2) is 23.3 Å². The first-order valence-corrected chi connectivity index (χ1v) is 6.31. The van der Waals surface area contributed by atoms with E-state index in [4.69, 9.17) is 0 Å².